The highest BCUT2D eigenvalue weighted by atomic mass is 19.1. The van der Waals surface area contributed by atoms with Crippen molar-refractivity contribution in [2.24, 2.45) is 7.05 Å². The third kappa shape index (κ3) is 5.10. The van der Waals surface area contributed by atoms with Gasteiger partial charge in [0.05, 0.1) is 18.3 Å². The number of amides is 2. The van der Waals surface area contributed by atoms with Gasteiger partial charge in [-0.1, -0.05) is 24.3 Å². The molecule has 3 aromatic rings. The van der Waals surface area contributed by atoms with Crippen LogP contribution in [0.2, 0.25) is 0 Å². The highest BCUT2D eigenvalue weighted by Gasteiger charge is 2.34. The molecule has 2 atom stereocenters. The molecule has 9 heteroatoms. The molecule has 1 aliphatic rings. The third-order valence-corrected chi connectivity index (χ3v) is 5.61. The summed E-state index contributed by atoms with van der Waals surface area (Å²) in [5.74, 6) is -0.887. The zero-order valence-corrected chi connectivity index (χ0v) is 18.4. The molecule has 0 saturated carbocycles. The van der Waals surface area contributed by atoms with Crippen molar-refractivity contribution in [3.05, 3.63) is 82.9 Å². The van der Waals surface area contributed by atoms with Crippen LogP contribution in [0.5, 0.6) is 0 Å². The van der Waals surface area contributed by atoms with E-state index in [0.717, 1.165) is 11.3 Å². The number of halogens is 1. The van der Waals surface area contributed by atoms with Crippen molar-refractivity contribution in [3.8, 4) is 0 Å². The first-order valence-corrected chi connectivity index (χ1v) is 10.5. The maximum absolute atomic E-state index is 13.2. The van der Waals surface area contributed by atoms with E-state index in [4.69, 9.17) is 4.74 Å². The molecular formula is C24H25FN4O4. The Morgan fingerprint density at radius 1 is 1.24 bits per heavy atom. The molecule has 1 aromatic heterocycles. The third-order valence-electron chi connectivity index (χ3n) is 5.61. The van der Waals surface area contributed by atoms with E-state index in [-0.39, 0.29) is 37.4 Å². The summed E-state index contributed by atoms with van der Waals surface area (Å²) in [5.41, 5.74) is 3.08. The molecule has 2 amide bonds. The second kappa shape index (κ2) is 9.51. The first kappa shape index (κ1) is 22.6. The number of aryl methyl sites for hydroxylation is 2. The van der Waals surface area contributed by atoms with Crippen molar-refractivity contribution in [1.82, 2.24) is 14.7 Å². The summed E-state index contributed by atoms with van der Waals surface area (Å²) in [6.45, 7) is 2.16. The number of hydrogen-bond acceptors (Lipinski definition) is 5. The number of rotatable bonds is 6. The number of aliphatic hydroxyl groups excluding tert-OH is 1. The highest BCUT2D eigenvalue weighted by Crippen LogP contribution is 2.27. The molecule has 0 unspecified atom stereocenters. The van der Waals surface area contributed by atoms with E-state index >= 15 is 0 Å². The lowest BCUT2D eigenvalue weighted by molar-refractivity contribution is -0.155. The first-order valence-electron chi connectivity index (χ1n) is 10.5. The molecule has 2 N–H and O–H groups in total. The topological polar surface area (TPSA) is 96.7 Å². The fourth-order valence-electron chi connectivity index (χ4n) is 3.88. The number of carbonyl (C=O) groups is 2. The fraction of sp³-hybridized carbons (Fsp3) is 0.292. The number of ether oxygens (including phenoxy) is 1. The molecule has 4 rings (SSSR count). The summed E-state index contributed by atoms with van der Waals surface area (Å²) in [6.07, 6.45) is -1.00. The maximum Gasteiger partial charge on any atom is 0.273 e. The fourth-order valence-corrected chi connectivity index (χ4v) is 3.88. The van der Waals surface area contributed by atoms with Crippen molar-refractivity contribution in [2.45, 2.75) is 25.6 Å². The van der Waals surface area contributed by atoms with Crippen molar-refractivity contribution < 1.29 is 23.8 Å². The van der Waals surface area contributed by atoms with Crippen LogP contribution < -0.4 is 5.32 Å². The average Bonchev–Trinajstić information content (AvgIpc) is 3.14. The first-order chi connectivity index (χ1) is 15.8. The minimum absolute atomic E-state index is 0.0666. The number of aliphatic hydroxyl groups is 1. The molecule has 0 aliphatic carbocycles. The standard InChI is InChI=1S/C24H25FN4O4/c1-15-11-20(28(2)27-15)24(32)26-19-9-5-17(6-10-19)23(31)21-13-33-14-22(30)29(21)12-16-3-7-18(25)8-4-16/h3-11,21,23,31H,12-14H2,1-2H3,(H,26,32)/t21-,23-/m1/s1. The minimum Gasteiger partial charge on any atom is -0.386 e. The highest BCUT2D eigenvalue weighted by molar-refractivity contribution is 6.03. The van der Waals surface area contributed by atoms with Crippen LogP contribution in [0.3, 0.4) is 0 Å². The van der Waals surface area contributed by atoms with Crippen LogP contribution in [0.4, 0.5) is 10.1 Å². The SMILES string of the molecule is Cc1cc(C(=O)Nc2ccc([C@@H](O)[C@H]3COCC(=O)N3Cc3ccc(F)cc3)cc2)n(C)n1. The van der Waals surface area contributed by atoms with Crippen LogP contribution in [0.1, 0.15) is 33.4 Å². The summed E-state index contributed by atoms with van der Waals surface area (Å²) < 4.78 is 20.1. The molecule has 1 aliphatic heterocycles. The quantitative estimate of drug-likeness (QED) is 0.599. The van der Waals surface area contributed by atoms with Crippen molar-refractivity contribution in [1.29, 1.82) is 0 Å². The predicted molar refractivity (Wildman–Crippen MR) is 119 cm³/mol. The smallest absolute Gasteiger partial charge is 0.273 e. The second-order valence-electron chi connectivity index (χ2n) is 8.05. The molecule has 172 valence electrons. The van der Waals surface area contributed by atoms with E-state index in [1.807, 2.05) is 6.92 Å². The molecule has 0 spiro atoms. The van der Waals surface area contributed by atoms with Crippen molar-refractivity contribution in [2.75, 3.05) is 18.5 Å². The summed E-state index contributed by atoms with van der Waals surface area (Å²) in [7, 11) is 1.70. The number of morpholine rings is 1. The molecule has 0 bridgehead atoms. The number of hydrogen-bond donors (Lipinski definition) is 2. The second-order valence-corrected chi connectivity index (χ2v) is 8.05. The normalized spacial score (nSPS) is 17.2. The van der Waals surface area contributed by atoms with E-state index in [0.29, 0.717) is 16.9 Å². The number of nitrogens with one attached hydrogen (secondary N) is 1. The Kier molecular flexibility index (Phi) is 6.52. The number of carbonyl (C=O) groups excluding carboxylic acids is 2. The molecule has 2 heterocycles. The predicted octanol–water partition coefficient (Wildman–Crippen LogP) is 2.58. The Morgan fingerprint density at radius 2 is 1.94 bits per heavy atom. The van der Waals surface area contributed by atoms with E-state index in [1.165, 1.54) is 16.8 Å². The van der Waals surface area contributed by atoms with Crippen LogP contribution in [0.15, 0.2) is 54.6 Å². The van der Waals surface area contributed by atoms with Gasteiger partial charge in [-0.25, -0.2) is 4.39 Å². The molecule has 1 fully saturated rings. The Hall–Kier alpha value is -3.56. The van der Waals surface area contributed by atoms with Gasteiger partial charge in [-0.2, -0.15) is 5.10 Å². The summed E-state index contributed by atoms with van der Waals surface area (Å²) in [4.78, 5) is 26.6. The van der Waals surface area contributed by atoms with Crippen LogP contribution in [-0.2, 0) is 23.1 Å². The van der Waals surface area contributed by atoms with Gasteiger partial charge < -0.3 is 20.1 Å². The van der Waals surface area contributed by atoms with E-state index in [2.05, 4.69) is 10.4 Å². The van der Waals surface area contributed by atoms with Gasteiger partial charge in [0.15, 0.2) is 0 Å². The van der Waals surface area contributed by atoms with Gasteiger partial charge in [0.25, 0.3) is 5.91 Å². The van der Waals surface area contributed by atoms with Crippen molar-refractivity contribution in [3.63, 3.8) is 0 Å². The Labute approximate surface area is 190 Å². The van der Waals surface area contributed by atoms with Gasteiger partial charge in [-0.3, -0.25) is 14.3 Å². The van der Waals surface area contributed by atoms with Gasteiger partial charge >= 0.3 is 0 Å². The number of nitrogens with zero attached hydrogens (tertiary/aromatic N) is 3. The molecule has 1 saturated heterocycles. The lowest BCUT2D eigenvalue weighted by Crippen LogP contribution is -2.51. The van der Waals surface area contributed by atoms with Gasteiger partial charge in [0.1, 0.15) is 24.2 Å². The molecule has 33 heavy (non-hydrogen) atoms. The zero-order valence-electron chi connectivity index (χ0n) is 18.4. The number of anilines is 1. The van der Waals surface area contributed by atoms with Crippen LogP contribution in [-0.4, -0.2) is 50.9 Å². The van der Waals surface area contributed by atoms with Crippen LogP contribution in [0.25, 0.3) is 0 Å². The summed E-state index contributed by atoms with van der Waals surface area (Å²) in [6, 6.07) is 13.8. The monoisotopic (exact) mass is 452 g/mol. The Bertz CT molecular complexity index is 1140. The van der Waals surface area contributed by atoms with Gasteiger partial charge in [0.2, 0.25) is 5.91 Å². The van der Waals surface area contributed by atoms with Gasteiger partial charge in [-0.15, -0.1) is 0 Å². The molecule has 2 aromatic carbocycles. The molecule has 0 radical (unpaired) electrons. The zero-order chi connectivity index (χ0) is 23.5. The molecule has 8 nitrogen and oxygen atoms in total. The van der Waals surface area contributed by atoms with Gasteiger partial charge in [0, 0.05) is 19.3 Å². The van der Waals surface area contributed by atoms with E-state index in [1.54, 1.807) is 54.4 Å². The molecular weight excluding hydrogens is 427 g/mol. The minimum atomic E-state index is -1.00. The summed E-state index contributed by atoms with van der Waals surface area (Å²) >= 11 is 0. The Morgan fingerprint density at radius 3 is 2.58 bits per heavy atom. The lowest BCUT2D eigenvalue weighted by atomic mass is 9.99. The van der Waals surface area contributed by atoms with E-state index < -0.39 is 12.1 Å². The van der Waals surface area contributed by atoms with Crippen LogP contribution in [0, 0.1) is 12.7 Å². The van der Waals surface area contributed by atoms with Crippen molar-refractivity contribution >= 4 is 17.5 Å². The van der Waals surface area contributed by atoms with Crippen LogP contribution >= 0.6 is 0 Å². The maximum atomic E-state index is 13.2. The largest absolute Gasteiger partial charge is 0.386 e. The lowest BCUT2D eigenvalue weighted by Gasteiger charge is -2.38. The summed E-state index contributed by atoms with van der Waals surface area (Å²) in [5, 5.41) is 18.0. The van der Waals surface area contributed by atoms with E-state index in [9.17, 15) is 19.1 Å². The Balaban J connectivity index is 1.47. The average molecular weight is 452 g/mol. The van der Waals surface area contributed by atoms with Gasteiger partial charge in [-0.05, 0) is 48.4 Å². The number of aromatic nitrogens is 2. The number of benzene rings is 2.